The number of aryl methyl sites for hydroxylation is 2. The van der Waals surface area contributed by atoms with Crippen LogP contribution in [0.15, 0.2) is 66.9 Å². The van der Waals surface area contributed by atoms with E-state index in [1.54, 1.807) is 14.2 Å². The van der Waals surface area contributed by atoms with Crippen LogP contribution < -0.4 is 20.1 Å². The molecule has 2 amide bonds. The maximum atomic E-state index is 12.8. The van der Waals surface area contributed by atoms with Crippen LogP contribution in [0, 0.1) is 13.8 Å². The van der Waals surface area contributed by atoms with Gasteiger partial charge in [0.2, 0.25) is 0 Å². The summed E-state index contributed by atoms with van der Waals surface area (Å²) in [5.41, 5.74) is 6.16. The molecule has 0 aliphatic carbocycles. The zero-order valence-corrected chi connectivity index (χ0v) is 19.4. The van der Waals surface area contributed by atoms with Gasteiger partial charge in [0, 0.05) is 35.2 Å². The Bertz CT molecular complexity index is 1260. The number of methoxy groups -OCH3 is 2. The third kappa shape index (κ3) is 4.95. The molecule has 1 atom stereocenters. The predicted octanol–water partition coefficient (Wildman–Crippen LogP) is 5.76. The minimum Gasteiger partial charge on any atom is -0.493 e. The summed E-state index contributed by atoms with van der Waals surface area (Å²) in [6.07, 6.45) is 2.01. The molecule has 6 nitrogen and oxygen atoms in total. The van der Waals surface area contributed by atoms with Crippen molar-refractivity contribution in [3.05, 3.63) is 89.1 Å². The molecule has 3 N–H and O–H groups in total. The van der Waals surface area contributed by atoms with Crippen molar-refractivity contribution in [1.29, 1.82) is 0 Å². The van der Waals surface area contributed by atoms with Crippen molar-refractivity contribution in [2.45, 2.75) is 19.8 Å². The Hall–Kier alpha value is -3.93. The lowest BCUT2D eigenvalue weighted by atomic mass is 9.90. The summed E-state index contributed by atoms with van der Waals surface area (Å²) in [5, 5.41) is 7.12. The number of hydrogen-bond acceptors (Lipinski definition) is 3. The molecule has 0 saturated carbocycles. The van der Waals surface area contributed by atoms with Crippen LogP contribution in [0.4, 0.5) is 10.5 Å². The standard InChI is InChI=1S/C27H29N3O3/c1-17-11-18(2)13-20(12-17)30-27(31)29-15-22(19-9-10-25(32-3)26(14-19)33-4)23-16-28-24-8-6-5-7-21(23)24/h5-14,16,22,28H,15H2,1-4H3,(H2,29,30,31)/t22-/m1/s1. The maximum absolute atomic E-state index is 12.8. The van der Waals surface area contributed by atoms with E-state index >= 15 is 0 Å². The highest BCUT2D eigenvalue weighted by Gasteiger charge is 2.21. The molecule has 0 aliphatic rings. The number of H-pyrrole nitrogens is 1. The molecular formula is C27H29N3O3. The Morgan fingerprint density at radius 1 is 0.939 bits per heavy atom. The van der Waals surface area contributed by atoms with Gasteiger partial charge >= 0.3 is 6.03 Å². The van der Waals surface area contributed by atoms with Crippen LogP contribution in [0.2, 0.25) is 0 Å². The number of para-hydroxylation sites is 1. The fraction of sp³-hybridized carbons (Fsp3) is 0.222. The molecule has 4 rings (SSSR count). The number of fused-ring (bicyclic) bond motifs is 1. The number of urea groups is 1. The molecule has 0 unspecified atom stereocenters. The number of anilines is 1. The molecule has 0 bridgehead atoms. The highest BCUT2D eigenvalue weighted by Crippen LogP contribution is 2.35. The zero-order chi connectivity index (χ0) is 23.4. The lowest BCUT2D eigenvalue weighted by molar-refractivity contribution is 0.252. The van der Waals surface area contributed by atoms with Gasteiger partial charge in [-0.15, -0.1) is 0 Å². The second kappa shape index (κ2) is 9.69. The predicted molar refractivity (Wildman–Crippen MR) is 133 cm³/mol. The van der Waals surface area contributed by atoms with Gasteiger partial charge < -0.3 is 25.1 Å². The first kappa shape index (κ1) is 22.3. The van der Waals surface area contributed by atoms with E-state index in [0.717, 1.165) is 38.8 Å². The number of ether oxygens (including phenoxy) is 2. The van der Waals surface area contributed by atoms with Gasteiger partial charge in [0.15, 0.2) is 11.5 Å². The van der Waals surface area contributed by atoms with Gasteiger partial charge in [0.25, 0.3) is 0 Å². The van der Waals surface area contributed by atoms with Crippen molar-refractivity contribution in [2.75, 3.05) is 26.1 Å². The number of aromatic amines is 1. The van der Waals surface area contributed by atoms with Gasteiger partial charge in [-0.05, 0) is 66.4 Å². The molecule has 3 aromatic carbocycles. The Labute approximate surface area is 193 Å². The molecule has 0 spiro atoms. The topological polar surface area (TPSA) is 75.4 Å². The molecule has 6 heteroatoms. The van der Waals surface area contributed by atoms with Crippen LogP contribution in [0.5, 0.6) is 11.5 Å². The fourth-order valence-corrected chi connectivity index (χ4v) is 4.28. The average molecular weight is 444 g/mol. The summed E-state index contributed by atoms with van der Waals surface area (Å²) in [7, 11) is 3.24. The van der Waals surface area contributed by atoms with E-state index in [0.29, 0.717) is 18.0 Å². The number of carbonyl (C=O) groups excluding carboxylic acids is 1. The molecular weight excluding hydrogens is 414 g/mol. The summed E-state index contributed by atoms with van der Waals surface area (Å²) in [5.74, 6) is 1.23. The molecule has 1 aromatic heterocycles. The quantitative estimate of drug-likeness (QED) is 0.340. The molecule has 0 saturated heterocycles. The highest BCUT2D eigenvalue weighted by molar-refractivity contribution is 5.90. The van der Waals surface area contributed by atoms with Crippen molar-refractivity contribution < 1.29 is 14.3 Å². The van der Waals surface area contributed by atoms with Crippen molar-refractivity contribution in [3.63, 3.8) is 0 Å². The third-order valence-electron chi connectivity index (χ3n) is 5.75. The summed E-state index contributed by atoms with van der Waals surface area (Å²) >= 11 is 0. The van der Waals surface area contributed by atoms with E-state index in [9.17, 15) is 4.79 Å². The summed E-state index contributed by atoms with van der Waals surface area (Å²) in [6.45, 7) is 4.44. The first-order valence-corrected chi connectivity index (χ1v) is 10.9. The van der Waals surface area contributed by atoms with E-state index in [2.05, 4.69) is 27.8 Å². The molecule has 0 radical (unpaired) electrons. The van der Waals surface area contributed by atoms with Gasteiger partial charge in [-0.1, -0.05) is 30.3 Å². The molecule has 4 aromatic rings. The van der Waals surface area contributed by atoms with Gasteiger partial charge in [-0.25, -0.2) is 4.79 Å². The molecule has 33 heavy (non-hydrogen) atoms. The minimum absolute atomic E-state index is 0.0917. The molecule has 0 fully saturated rings. The normalized spacial score (nSPS) is 11.8. The monoisotopic (exact) mass is 443 g/mol. The zero-order valence-electron chi connectivity index (χ0n) is 19.4. The van der Waals surface area contributed by atoms with E-state index in [1.807, 2.05) is 68.6 Å². The fourth-order valence-electron chi connectivity index (χ4n) is 4.28. The summed E-state index contributed by atoms with van der Waals surface area (Å²) < 4.78 is 10.9. The maximum Gasteiger partial charge on any atom is 0.319 e. The third-order valence-corrected chi connectivity index (χ3v) is 5.75. The second-order valence-corrected chi connectivity index (χ2v) is 8.17. The van der Waals surface area contributed by atoms with Gasteiger partial charge in [0.05, 0.1) is 14.2 Å². The van der Waals surface area contributed by atoms with Crippen molar-refractivity contribution >= 4 is 22.6 Å². The summed E-state index contributed by atoms with van der Waals surface area (Å²) in [4.78, 5) is 16.1. The van der Waals surface area contributed by atoms with Gasteiger partial charge in [-0.2, -0.15) is 0 Å². The molecule has 1 heterocycles. The number of aromatic nitrogens is 1. The number of benzene rings is 3. The lowest BCUT2D eigenvalue weighted by Gasteiger charge is -2.20. The first-order chi connectivity index (χ1) is 16.0. The van der Waals surface area contributed by atoms with Crippen LogP contribution in [-0.4, -0.2) is 31.8 Å². The number of carbonyl (C=O) groups is 1. The highest BCUT2D eigenvalue weighted by atomic mass is 16.5. The lowest BCUT2D eigenvalue weighted by Crippen LogP contribution is -2.32. The van der Waals surface area contributed by atoms with Crippen LogP contribution in [0.3, 0.4) is 0 Å². The van der Waals surface area contributed by atoms with Crippen molar-refractivity contribution in [3.8, 4) is 11.5 Å². The SMILES string of the molecule is COc1ccc([C@@H](CNC(=O)Nc2cc(C)cc(C)c2)c2c[nH]c3ccccc23)cc1OC. The van der Waals surface area contributed by atoms with E-state index in [4.69, 9.17) is 9.47 Å². The van der Waals surface area contributed by atoms with Gasteiger partial charge in [-0.3, -0.25) is 0 Å². The van der Waals surface area contributed by atoms with E-state index < -0.39 is 0 Å². The van der Waals surface area contributed by atoms with Crippen LogP contribution >= 0.6 is 0 Å². The minimum atomic E-state index is -0.245. The van der Waals surface area contributed by atoms with Gasteiger partial charge in [0.1, 0.15) is 0 Å². The largest absolute Gasteiger partial charge is 0.493 e. The van der Waals surface area contributed by atoms with E-state index in [1.165, 1.54) is 0 Å². The number of amides is 2. The number of rotatable bonds is 7. The Kier molecular flexibility index (Phi) is 6.54. The van der Waals surface area contributed by atoms with Crippen LogP contribution in [-0.2, 0) is 0 Å². The second-order valence-electron chi connectivity index (χ2n) is 8.17. The molecule has 0 aliphatic heterocycles. The Balaban J connectivity index is 1.62. The number of hydrogen-bond donors (Lipinski definition) is 3. The smallest absolute Gasteiger partial charge is 0.319 e. The Morgan fingerprint density at radius 2 is 1.67 bits per heavy atom. The van der Waals surface area contributed by atoms with Crippen molar-refractivity contribution in [1.82, 2.24) is 10.3 Å². The molecule has 170 valence electrons. The van der Waals surface area contributed by atoms with Crippen LogP contribution in [0.25, 0.3) is 10.9 Å². The van der Waals surface area contributed by atoms with Crippen molar-refractivity contribution in [2.24, 2.45) is 0 Å². The van der Waals surface area contributed by atoms with Crippen LogP contribution in [0.1, 0.15) is 28.2 Å². The first-order valence-electron chi connectivity index (χ1n) is 10.9. The summed E-state index contributed by atoms with van der Waals surface area (Å²) in [6, 6.07) is 19.8. The Morgan fingerprint density at radius 3 is 2.39 bits per heavy atom. The van der Waals surface area contributed by atoms with E-state index in [-0.39, 0.29) is 11.9 Å². The average Bonchev–Trinajstić information content (AvgIpc) is 3.22. The number of nitrogens with one attached hydrogen (secondary N) is 3.